The van der Waals surface area contributed by atoms with Crippen molar-refractivity contribution in [2.45, 2.75) is 19.0 Å². The molecule has 9 heteroatoms. The zero-order valence-electron chi connectivity index (χ0n) is 13.2. The molecule has 0 aliphatic heterocycles. The van der Waals surface area contributed by atoms with E-state index < -0.39 is 23.3 Å². The molecule has 0 amide bonds. The van der Waals surface area contributed by atoms with Crippen molar-refractivity contribution < 1.29 is 27.2 Å². The van der Waals surface area contributed by atoms with E-state index in [1.807, 2.05) is 0 Å². The van der Waals surface area contributed by atoms with E-state index in [2.05, 4.69) is 15.2 Å². The van der Waals surface area contributed by atoms with E-state index in [0.717, 1.165) is 12.1 Å². The Bertz CT molecular complexity index is 913. The smallest absolute Gasteiger partial charge is 0.416 e. The Kier molecular flexibility index (Phi) is 4.70. The molecule has 3 rings (SSSR count). The zero-order valence-corrected chi connectivity index (χ0v) is 13.2. The van der Waals surface area contributed by atoms with E-state index in [1.54, 1.807) is 6.07 Å². The quantitative estimate of drug-likeness (QED) is 0.537. The second kappa shape index (κ2) is 6.95. The highest BCUT2D eigenvalue weighted by molar-refractivity contribution is 6.42. The molecule has 0 saturated carbocycles. The molecule has 134 valence electrons. The maximum atomic E-state index is 12.6. The van der Waals surface area contributed by atoms with Gasteiger partial charge in [0.15, 0.2) is 0 Å². The molecule has 2 aromatic heterocycles. The van der Waals surface area contributed by atoms with Crippen LogP contribution in [0.1, 0.15) is 33.1 Å². The van der Waals surface area contributed by atoms with Crippen molar-refractivity contribution in [2.75, 3.05) is 0 Å². The molecular weight excluding hydrogens is 351 g/mol. The first-order chi connectivity index (χ1) is 12.3. The second-order valence-corrected chi connectivity index (χ2v) is 5.54. The van der Waals surface area contributed by atoms with E-state index in [4.69, 9.17) is 4.42 Å². The fourth-order valence-electron chi connectivity index (χ4n) is 2.34. The molecule has 0 unspecified atom stereocenters. The zero-order chi connectivity index (χ0) is 18.7. The fourth-order valence-corrected chi connectivity index (χ4v) is 2.34. The van der Waals surface area contributed by atoms with Crippen LogP contribution in [0.25, 0.3) is 0 Å². The minimum Gasteiger partial charge on any atom is -0.469 e. The van der Waals surface area contributed by atoms with Gasteiger partial charge in [0.2, 0.25) is 11.6 Å². The van der Waals surface area contributed by atoms with Crippen LogP contribution >= 0.6 is 0 Å². The maximum absolute atomic E-state index is 12.6. The number of rotatable bonds is 6. The van der Waals surface area contributed by atoms with Gasteiger partial charge in [-0.05, 0) is 29.3 Å². The van der Waals surface area contributed by atoms with E-state index in [1.165, 1.54) is 24.7 Å². The number of benzene rings is 1. The maximum Gasteiger partial charge on any atom is 0.416 e. The molecule has 6 nitrogen and oxygen atoms in total. The molecular formula is C17H12F3N3O3. The topological polar surface area (TPSA) is 88.9 Å². The average molecular weight is 363 g/mol. The van der Waals surface area contributed by atoms with Crippen LogP contribution in [-0.4, -0.2) is 26.7 Å². The number of hydrogen-bond acceptors (Lipinski definition) is 5. The number of carbonyl (C=O) groups excluding carboxylic acids is 2. The third-order valence-corrected chi connectivity index (χ3v) is 3.60. The van der Waals surface area contributed by atoms with Gasteiger partial charge in [0, 0.05) is 6.42 Å². The lowest BCUT2D eigenvalue weighted by Gasteiger charge is -2.06. The van der Waals surface area contributed by atoms with Crippen LogP contribution in [0.15, 0.2) is 47.3 Å². The summed E-state index contributed by atoms with van der Waals surface area (Å²) in [5, 5.41) is 5.89. The third-order valence-electron chi connectivity index (χ3n) is 3.60. The summed E-state index contributed by atoms with van der Waals surface area (Å²) in [4.78, 5) is 27.3. The number of nitrogens with one attached hydrogen (secondary N) is 1. The van der Waals surface area contributed by atoms with Gasteiger partial charge in [0.25, 0.3) is 5.78 Å². The van der Waals surface area contributed by atoms with Crippen molar-refractivity contribution in [1.82, 2.24) is 15.2 Å². The van der Waals surface area contributed by atoms with Crippen LogP contribution in [0.3, 0.4) is 0 Å². The SMILES string of the molecule is O=C(Cc1cc(Cc2ccc(C(F)(F)F)cc2)co1)C(=O)c1nc[nH]n1. The lowest BCUT2D eigenvalue weighted by molar-refractivity contribution is -0.137. The molecule has 26 heavy (non-hydrogen) atoms. The van der Waals surface area contributed by atoms with Crippen LogP contribution < -0.4 is 0 Å². The molecule has 0 atom stereocenters. The van der Waals surface area contributed by atoms with Crippen molar-refractivity contribution in [3.8, 4) is 0 Å². The van der Waals surface area contributed by atoms with Gasteiger partial charge in [-0.1, -0.05) is 12.1 Å². The number of halogens is 3. The van der Waals surface area contributed by atoms with Crippen molar-refractivity contribution in [3.63, 3.8) is 0 Å². The van der Waals surface area contributed by atoms with Gasteiger partial charge in [0.05, 0.1) is 18.2 Å². The standard InChI is InChI=1S/C17H12F3N3O3/c18-17(19,20)12-3-1-10(2-4-12)5-11-6-13(26-8-11)7-14(24)15(25)16-21-9-22-23-16/h1-4,6,8-9H,5,7H2,(H,21,22,23). The first-order valence-corrected chi connectivity index (χ1v) is 7.48. The highest BCUT2D eigenvalue weighted by Crippen LogP contribution is 2.29. The molecule has 1 N–H and O–H groups in total. The van der Waals surface area contributed by atoms with Crippen molar-refractivity contribution in [2.24, 2.45) is 0 Å². The molecule has 0 saturated heterocycles. The van der Waals surface area contributed by atoms with Gasteiger partial charge in [0.1, 0.15) is 12.1 Å². The predicted molar refractivity (Wildman–Crippen MR) is 82.4 cm³/mol. The number of furan rings is 1. The fraction of sp³-hybridized carbons (Fsp3) is 0.176. The summed E-state index contributed by atoms with van der Waals surface area (Å²) in [6.07, 6.45) is -1.70. The van der Waals surface area contributed by atoms with Crippen LogP contribution in [0.4, 0.5) is 13.2 Å². The molecule has 0 radical (unpaired) electrons. The number of nitrogens with zero attached hydrogens (tertiary/aromatic N) is 2. The van der Waals surface area contributed by atoms with Gasteiger partial charge in [-0.3, -0.25) is 14.7 Å². The average Bonchev–Trinajstić information content (AvgIpc) is 3.26. The van der Waals surface area contributed by atoms with E-state index in [-0.39, 0.29) is 18.0 Å². The monoisotopic (exact) mass is 363 g/mol. The Labute approximate surface area is 145 Å². The van der Waals surface area contributed by atoms with Crippen LogP contribution in [0.5, 0.6) is 0 Å². The number of alkyl halides is 3. The second-order valence-electron chi connectivity index (χ2n) is 5.54. The molecule has 3 aromatic rings. The van der Waals surface area contributed by atoms with Gasteiger partial charge < -0.3 is 4.42 Å². The summed E-state index contributed by atoms with van der Waals surface area (Å²) in [5.74, 6) is -1.49. The summed E-state index contributed by atoms with van der Waals surface area (Å²) < 4.78 is 42.9. The summed E-state index contributed by atoms with van der Waals surface area (Å²) in [5.41, 5.74) is 0.622. The van der Waals surface area contributed by atoms with Crippen molar-refractivity contribution in [1.29, 1.82) is 0 Å². The first kappa shape index (κ1) is 17.6. The highest BCUT2D eigenvalue weighted by Gasteiger charge is 2.29. The van der Waals surface area contributed by atoms with Crippen LogP contribution in [0.2, 0.25) is 0 Å². The van der Waals surface area contributed by atoms with E-state index in [0.29, 0.717) is 17.5 Å². The Hall–Kier alpha value is -3.23. The summed E-state index contributed by atoms with van der Waals surface area (Å²) in [7, 11) is 0. The predicted octanol–water partition coefficient (Wildman–Crippen LogP) is 3.00. The number of aromatic amines is 1. The van der Waals surface area contributed by atoms with Crippen LogP contribution in [-0.2, 0) is 23.8 Å². The Morgan fingerprint density at radius 1 is 1.12 bits per heavy atom. The molecule has 1 aromatic carbocycles. The van der Waals surface area contributed by atoms with Crippen molar-refractivity contribution >= 4 is 11.6 Å². The lowest BCUT2D eigenvalue weighted by Crippen LogP contribution is -2.17. The first-order valence-electron chi connectivity index (χ1n) is 7.48. The summed E-state index contributed by atoms with van der Waals surface area (Å²) in [6, 6.07) is 6.37. The van der Waals surface area contributed by atoms with E-state index in [9.17, 15) is 22.8 Å². The van der Waals surface area contributed by atoms with Gasteiger partial charge >= 0.3 is 6.18 Å². The molecule has 0 fully saturated rings. The third kappa shape index (κ3) is 4.05. The minimum absolute atomic E-state index is 0.216. The highest BCUT2D eigenvalue weighted by atomic mass is 19.4. The number of carbonyl (C=O) groups is 2. The molecule has 0 aliphatic rings. The Morgan fingerprint density at radius 2 is 1.85 bits per heavy atom. The molecule has 0 bridgehead atoms. The normalized spacial score (nSPS) is 11.5. The molecule has 2 heterocycles. The molecule has 0 aliphatic carbocycles. The van der Waals surface area contributed by atoms with Crippen LogP contribution in [0, 0.1) is 0 Å². The van der Waals surface area contributed by atoms with Gasteiger partial charge in [-0.25, -0.2) is 4.98 Å². The van der Waals surface area contributed by atoms with E-state index >= 15 is 0 Å². The number of ketones is 2. The Morgan fingerprint density at radius 3 is 2.46 bits per heavy atom. The Balaban J connectivity index is 1.63. The number of Topliss-reactive ketones (excluding diaryl/α,β-unsaturated/α-hetero) is 2. The van der Waals surface area contributed by atoms with Crippen molar-refractivity contribution in [3.05, 3.63) is 71.2 Å². The van der Waals surface area contributed by atoms with Gasteiger partial charge in [-0.2, -0.15) is 13.2 Å². The lowest BCUT2D eigenvalue weighted by atomic mass is 10.0. The number of aromatic nitrogens is 3. The summed E-state index contributed by atoms with van der Waals surface area (Å²) in [6.45, 7) is 0. The minimum atomic E-state index is -4.38. The number of hydrogen-bond donors (Lipinski definition) is 1. The summed E-state index contributed by atoms with van der Waals surface area (Å²) >= 11 is 0. The molecule has 0 spiro atoms. The number of H-pyrrole nitrogens is 1. The largest absolute Gasteiger partial charge is 0.469 e. The van der Waals surface area contributed by atoms with Gasteiger partial charge in [-0.15, -0.1) is 5.10 Å².